The molecule has 54 valence electrons. The zero-order chi connectivity index (χ0) is 6.15. The van der Waals surface area contributed by atoms with E-state index in [-0.39, 0.29) is 18.5 Å². The van der Waals surface area contributed by atoms with Gasteiger partial charge in [0, 0.05) is 0 Å². The van der Waals surface area contributed by atoms with Gasteiger partial charge in [0.25, 0.3) is 0 Å². The molecule has 0 saturated carbocycles. The fraction of sp³-hybridized carbons (Fsp3) is 0.800. The van der Waals surface area contributed by atoms with E-state index in [1.54, 1.807) is 11.6 Å². The zero-order valence-corrected chi connectivity index (χ0v) is 6.37. The highest BCUT2D eigenvalue weighted by Crippen LogP contribution is 1.75. The van der Waals surface area contributed by atoms with E-state index in [1.165, 1.54) is 0 Å². The summed E-state index contributed by atoms with van der Waals surface area (Å²) in [6.45, 7) is 1.74. The van der Waals surface area contributed by atoms with Crippen molar-refractivity contribution in [1.29, 1.82) is 0 Å². The van der Waals surface area contributed by atoms with Gasteiger partial charge in [-0.3, -0.25) is 0 Å². The highest BCUT2D eigenvalue weighted by molar-refractivity contribution is 5.56. The minimum atomic E-state index is -0.0370. The molecule has 0 aromatic carbocycles. The second-order valence-electron chi connectivity index (χ2n) is 2.24. The van der Waals surface area contributed by atoms with Gasteiger partial charge in [-0.25, -0.2) is 4.90 Å². The first-order valence-corrected chi connectivity index (χ1v) is 2.78. The van der Waals surface area contributed by atoms with Crippen LogP contribution < -0.4 is 17.3 Å². The van der Waals surface area contributed by atoms with Gasteiger partial charge < -0.3 is 12.4 Å². The van der Waals surface area contributed by atoms with E-state index in [4.69, 9.17) is 0 Å². The molecule has 4 heteroatoms. The minimum Gasteiger partial charge on any atom is -1.00 e. The van der Waals surface area contributed by atoms with Crippen molar-refractivity contribution in [3.63, 3.8) is 0 Å². The third-order valence-electron chi connectivity index (χ3n) is 1.51. The van der Waals surface area contributed by atoms with Crippen LogP contribution in [0.5, 0.6) is 0 Å². The summed E-state index contributed by atoms with van der Waals surface area (Å²) < 4.78 is 14.2. The van der Waals surface area contributed by atoms with E-state index < -0.39 is 0 Å². The number of quaternary nitrogens is 1. The number of hydrogen-bond acceptors (Lipinski definition) is 0. The Morgan fingerprint density at radius 2 is 2.22 bits per heavy atom. The second-order valence-corrected chi connectivity index (χ2v) is 2.24. The Balaban J connectivity index is 0.000000640. The largest absolute Gasteiger partial charge is 1.00 e. The topological polar surface area (TPSA) is 7.45 Å². The van der Waals surface area contributed by atoms with Crippen LogP contribution in [0.15, 0.2) is 0 Å². The van der Waals surface area contributed by atoms with Crippen LogP contribution in [0.3, 0.4) is 0 Å². The van der Waals surface area contributed by atoms with E-state index in [9.17, 15) is 4.39 Å². The molecule has 0 radical (unpaired) electrons. The van der Waals surface area contributed by atoms with E-state index in [0.717, 1.165) is 18.0 Å². The van der Waals surface area contributed by atoms with Gasteiger partial charge in [-0.05, 0) is 0 Å². The molecular weight excluding hydrogens is 143 g/mol. The molecule has 0 saturated heterocycles. The van der Waals surface area contributed by atoms with Crippen molar-refractivity contribution < 1.29 is 26.3 Å². The van der Waals surface area contributed by atoms with Gasteiger partial charge in [-0.15, -0.1) is 0 Å². The standard InChI is InChI=1S/C5H10FN2.ClH/c1-7-3-4-8(2)5(7)6;/h3-4H2,1-2H3;1H/q+1;. The molecule has 1 heterocycles. The lowest BCUT2D eigenvalue weighted by molar-refractivity contribution is -0.785. The zero-order valence-electron chi connectivity index (χ0n) is 5.62. The summed E-state index contributed by atoms with van der Waals surface area (Å²) in [4.78, 5) is 0.882. The first-order valence-electron chi connectivity index (χ1n) is 2.78. The number of rotatable bonds is 0. The van der Waals surface area contributed by atoms with Crippen molar-refractivity contribution in [3.05, 3.63) is 0 Å². The van der Waals surface area contributed by atoms with Crippen LogP contribution in [0, 0.1) is 0 Å². The van der Waals surface area contributed by atoms with Gasteiger partial charge >= 0.3 is 6.09 Å². The van der Waals surface area contributed by atoms with Crippen LogP contribution in [-0.2, 0) is 0 Å². The Morgan fingerprint density at radius 1 is 1.67 bits per heavy atom. The van der Waals surface area contributed by atoms with Gasteiger partial charge in [0.1, 0.15) is 13.6 Å². The lowest BCUT2D eigenvalue weighted by Crippen LogP contribution is -3.09. The molecule has 0 amide bonds. The van der Waals surface area contributed by atoms with Crippen LogP contribution in [0.25, 0.3) is 0 Å². The Bertz CT molecular complexity index is 135. The lowest BCUT2D eigenvalue weighted by atomic mass is 10.6. The predicted molar refractivity (Wildman–Crippen MR) is 28.9 cm³/mol. The van der Waals surface area contributed by atoms with Crippen LogP contribution in [-0.4, -0.2) is 37.8 Å². The molecule has 1 atom stereocenters. The predicted octanol–water partition coefficient (Wildman–Crippen LogP) is -4.51. The number of amidine groups is 1. The highest BCUT2D eigenvalue weighted by atomic mass is 35.5. The molecule has 0 bridgehead atoms. The van der Waals surface area contributed by atoms with Gasteiger partial charge in [-0.2, -0.15) is 4.58 Å². The Labute approximate surface area is 60.4 Å². The SMILES string of the molecule is C[N+]1=C(F)[NH+](C)CC1.[Cl-]. The summed E-state index contributed by atoms with van der Waals surface area (Å²) in [7, 11) is 3.60. The van der Waals surface area contributed by atoms with E-state index in [1.807, 2.05) is 7.05 Å². The third kappa shape index (κ3) is 1.63. The van der Waals surface area contributed by atoms with Crippen LogP contribution in [0.1, 0.15) is 0 Å². The summed E-state index contributed by atoms with van der Waals surface area (Å²) in [6, 6.07) is 0. The molecule has 0 aliphatic carbocycles. The molecule has 1 aliphatic rings. The quantitative estimate of drug-likeness (QED) is 0.265. The number of hydrogen-bond donors (Lipinski definition) is 1. The molecule has 9 heavy (non-hydrogen) atoms. The maximum Gasteiger partial charge on any atom is 0.535 e. The monoisotopic (exact) mass is 153 g/mol. The van der Waals surface area contributed by atoms with Crippen LogP contribution in [0.2, 0.25) is 0 Å². The average molecular weight is 154 g/mol. The summed E-state index contributed by atoms with van der Waals surface area (Å²) >= 11 is 0. The number of nitrogens with one attached hydrogen (secondary N) is 1. The van der Waals surface area contributed by atoms with Crippen molar-refractivity contribution in [2.45, 2.75) is 0 Å². The van der Waals surface area contributed by atoms with Gasteiger partial charge in [0.05, 0.1) is 7.05 Å². The van der Waals surface area contributed by atoms with E-state index in [0.29, 0.717) is 0 Å². The summed E-state index contributed by atoms with van der Waals surface area (Å²) in [6.07, 6.45) is -0.0370. The number of nitrogens with zero attached hydrogens (tertiary/aromatic N) is 1. The van der Waals surface area contributed by atoms with Gasteiger partial charge in [-0.1, -0.05) is 4.39 Å². The molecule has 1 aliphatic heterocycles. The molecule has 2 nitrogen and oxygen atoms in total. The Hall–Kier alpha value is -0.150. The van der Waals surface area contributed by atoms with Crippen LogP contribution in [0.4, 0.5) is 4.39 Å². The normalized spacial score (nSPS) is 26.3. The maximum atomic E-state index is 12.5. The van der Waals surface area contributed by atoms with Gasteiger partial charge in [0.15, 0.2) is 6.54 Å². The molecule has 1 rings (SSSR count). The summed E-state index contributed by atoms with van der Waals surface area (Å²) in [5.41, 5.74) is 0. The molecular formula is C5H11ClFN2+. The average Bonchev–Trinajstić information content (AvgIpc) is 1.98. The first kappa shape index (κ1) is 8.85. The summed E-state index contributed by atoms with van der Waals surface area (Å²) in [5.74, 6) is 0. The smallest absolute Gasteiger partial charge is 0.535 e. The highest BCUT2D eigenvalue weighted by Gasteiger charge is 2.29. The minimum absolute atomic E-state index is 0. The molecule has 0 aromatic rings. The fourth-order valence-electron chi connectivity index (χ4n) is 0.863. The lowest BCUT2D eigenvalue weighted by Gasteiger charge is -1.90. The van der Waals surface area contributed by atoms with Crippen LogP contribution >= 0.6 is 0 Å². The number of likely N-dealkylation sites (N-methyl/N-ethyl adjacent to an activating group) is 2. The second kappa shape index (κ2) is 3.13. The van der Waals surface area contributed by atoms with Crippen molar-refractivity contribution in [2.24, 2.45) is 0 Å². The van der Waals surface area contributed by atoms with E-state index in [2.05, 4.69) is 0 Å². The fourth-order valence-corrected chi connectivity index (χ4v) is 0.863. The molecule has 0 spiro atoms. The number of halogens is 2. The summed E-state index contributed by atoms with van der Waals surface area (Å²) in [5, 5.41) is 0. The Kier molecular flexibility index (Phi) is 3.08. The molecule has 0 fully saturated rings. The third-order valence-corrected chi connectivity index (χ3v) is 1.51. The Morgan fingerprint density at radius 3 is 2.33 bits per heavy atom. The first-order chi connectivity index (χ1) is 3.72. The molecule has 1 unspecified atom stereocenters. The van der Waals surface area contributed by atoms with Gasteiger partial charge in [0.2, 0.25) is 0 Å². The molecule has 0 aromatic heterocycles. The van der Waals surface area contributed by atoms with E-state index >= 15 is 0 Å². The molecule has 1 N–H and O–H groups in total. The van der Waals surface area contributed by atoms with Crippen molar-refractivity contribution in [2.75, 3.05) is 27.2 Å². The van der Waals surface area contributed by atoms with Crippen molar-refractivity contribution >= 4 is 6.09 Å². The van der Waals surface area contributed by atoms with Crippen molar-refractivity contribution in [3.8, 4) is 0 Å². The van der Waals surface area contributed by atoms with Crippen molar-refractivity contribution in [1.82, 2.24) is 0 Å². The maximum absolute atomic E-state index is 12.5.